The Kier molecular flexibility index (Phi) is 7.07. The Hall–Kier alpha value is -1.69. The van der Waals surface area contributed by atoms with Crippen LogP contribution < -0.4 is 0 Å². The van der Waals surface area contributed by atoms with Crippen molar-refractivity contribution in [1.29, 1.82) is 0 Å². The molecule has 1 fully saturated rings. The van der Waals surface area contributed by atoms with Gasteiger partial charge in [-0.2, -0.15) is 0 Å². The zero-order chi connectivity index (χ0) is 21.0. The van der Waals surface area contributed by atoms with Crippen molar-refractivity contribution in [3.8, 4) is 0 Å². The third-order valence-corrected chi connectivity index (χ3v) is 6.63. The Balaban J connectivity index is 2.39. The van der Waals surface area contributed by atoms with E-state index in [9.17, 15) is 20.1 Å². The Morgan fingerprint density at radius 1 is 1.18 bits per heavy atom. The molecule has 0 aliphatic heterocycles. The number of hydrogen-bond acceptors (Lipinski definition) is 5. The van der Waals surface area contributed by atoms with Gasteiger partial charge in [0.05, 0.1) is 13.2 Å². The average molecular weight is 391 g/mol. The van der Waals surface area contributed by atoms with Crippen LogP contribution in [0.15, 0.2) is 48.1 Å². The maximum absolute atomic E-state index is 12.4. The summed E-state index contributed by atoms with van der Waals surface area (Å²) in [6.07, 6.45) is 13.9. The summed E-state index contributed by atoms with van der Waals surface area (Å²) in [6, 6.07) is 0. The van der Waals surface area contributed by atoms with Crippen molar-refractivity contribution in [2.75, 3.05) is 13.2 Å². The van der Waals surface area contributed by atoms with Crippen molar-refractivity contribution in [1.82, 2.24) is 0 Å². The highest BCUT2D eigenvalue weighted by Gasteiger charge is 2.63. The Morgan fingerprint density at radius 2 is 1.86 bits per heavy atom. The van der Waals surface area contributed by atoms with Crippen LogP contribution in [0.2, 0.25) is 0 Å². The van der Waals surface area contributed by atoms with E-state index in [1.807, 2.05) is 32.1 Å². The second-order valence-electron chi connectivity index (χ2n) is 8.78. The number of carbonyl (C=O) groups excluding carboxylic acids is 1. The first-order chi connectivity index (χ1) is 13.2. The number of rotatable bonds is 6. The summed E-state index contributed by atoms with van der Waals surface area (Å²) < 4.78 is 5.78. The van der Waals surface area contributed by atoms with Crippen molar-refractivity contribution in [3.63, 3.8) is 0 Å². The molecule has 0 radical (unpaired) electrons. The molecule has 0 aromatic carbocycles. The van der Waals surface area contributed by atoms with Crippen molar-refractivity contribution in [2.45, 2.75) is 58.7 Å². The van der Waals surface area contributed by atoms with Crippen LogP contribution in [0.4, 0.5) is 0 Å². The molecule has 1 saturated carbocycles. The molecule has 3 N–H and O–H groups in total. The number of hydrogen-bond donors (Lipinski definition) is 3. The van der Waals surface area contributed by atoms with Gasteiger partial charge < -0.3 is 20.1 Å². The van der Waals surface area contributed by atoms with E-state index in [0.29, 0.717) is 12.0 Å². The lowest BCUT2D eigenvalue weighted by atomic mass is 9.46. The molecule has 5 heteroatoms. The number of carbonyl (C=O) groups is 1. The van der Waals surface area contributed by atoms with Gasteiger partial charge in [-0.05, 0) is 36.8 Å². The molecular weight excluding hydrogens is 356 g/mol. The minimum atomic E-state index is -1.53. The lowest BCUT2D eigenvalue weighted by molar-refractivity contribution is -0.198. The predicted molar refractivity (Wildman–Crippen MR) is 109 cm³/mol. The molecule has 0 aromatic heterocycles. The van der Waals surface area contributed by atoms with Gasteiger partial charge in [-0.15, -0.1) is 0 Å². The molecule has 2 rings (SSSR count). The third-order valence-electron chi connectivity index (χ3n) is 6.63. The fraction of sp³-hybridized carbons (Fsp3) is 0.609. The molecule has 1 unspecified atom stereocenters. The topological polar surface area (TPSA) is 87.0 Å². The second-order valence-corrected chi connectivity index (χ2v) is 8.78. The van der Waals surface area contributed by atoms with E-state index in [4.69, 9.17) is 4.74 Å². The van der Waals surface area contributed by atoms with Crippen molar-refractivity contribution >= 4 is 5.97 Å². The molecule has 5 nitrogen and oxygen atoms in total. The van der Waals surface area contributed by atoms with E-state index < -0.39 is 36.3 Å². The smallest absolute Gasteiger partial charge is 0.331 e. The number of aliphatic hydroxyl groups excluding tert-OH is 2. The summed E-state index contributed by atoms with van der Waals surface area (Å²) in [4.78, 5) is 12.4. The third kappa shape index (κ3) is 4.02. The van der Waals surface area contributed by atoms with Gasteiger partial charge in [0.15, 0.2) is 0 Å². The molecule has 156 valence electrons. The summed E-state index contributed by atoms with van der Waals surface area (Å²) >= 11 is 0. The minimum Gasteiger partial charge on any atom is -0.455 e. The summed E-state index contributed by atoms with van der Waals surface area (Å²) in [6.45, 7) is 7.21. The van der Waals surface area contributed by atoms with Crippen LogP contribution in [0.25, 0.3) is 0 Å². The minimum absolute atomic E-state index is 0.183. The number of ether oxygens (including phenoxy) is 1. The molecule has 0 bridgehead atoms. The predicted octanol–water partition coefficient (Wildman–Crippen LogP) is 3.08. The lowest BCUT2D eigenvalue weighted by Gasteiger charge is -2.61. The highest BCUT2D eigenvalue weighted by atomic mass is 16.5. The molecule has 0 aromatic rings. The molecule has 28 heavy (non-hydrogen) atoms. The van der Waals surface area contributed by atoms with E-state index in [1.54, 1.807) is 18.2 Å². The maximum atomic E-state index is 12.4. The van der Waals surface area contributed by atoms with Gasteiger partial charge in [-0.25, -0.2) is 4.79 Å². The maximum Gasteiger partial charge on any atom is 0.331 e. The average Bonchev–Trinajstić information content (AvgIpc) is 2.63. The van der Waals surface area contributed by atoms with Crippen LogP contribution in [-0.4, -0.2) is 46.2 Å². The van der Waals surface area contributed by atoms with Gasteiger partial charge in [-0.1, -0.05) is 57.6 Å². The Morgan fingerprint density at radius 3 is 2.46 bits per heavy atom. The normalized spacial score (nSPS) is 35.3. The zero-order valence-electron chi connectivity index (χ0n) is 17.4. The van der Waals surface area contributed by atoms with E-state index in [0.717, 1.165) is 12.8 Å². The first-order valence-electron chi connectivity index (χ1n) is 9.98. The largest absolute Gasteiger partial charge is 0.455 e. The molecule has 2 aliphatic rings. The van der Waals surface area contributed by atoms with Crippen molar-refractivity contribution in [2.24, 2.45) is 16.7 Å². The van der Waals surface area contributed by atoms with E-state index in [1.165, 1.54) is 6.08 Å². The van der Waals surface area contributed by atoms with Crippen molar-refractivity contribution < 1.29 is 24.9 Å². The second kappa shape index (κ2) is 8.76. The summed E-state index contributed by atoms with van der Waals surface area (Å²) in [7, 11) is 0. The monoisotopic (exact) mass is 390 g/mol. The quantitative estimate of drug-likeness (QED) is 0.281. The van der Waals surface area contributed by atoms with E-state index in [2.05, 4.69) is 13.8 Å². The Labute approximate surface area is 168 Å². The van der Waals surface area contributed by atoms with Crippen LogP contribution in [0.5, 0.6) is 0 Å². The van der Waals surface area contributed by atoms with Gasteiger partial charge in [0.25, 0.3) is 0 Å². The van der Waals surface area contributed by atoms with Crippen LogP contribution in [0.1, 0.15) is 47.0 Å². The molecule has 2 aliphatic carbocycles. The van der Waals surface area contributed by atoms with Crippen molar-refractivity contribution in [3.05, 3.63) is 48.1 Å². The van der Waals surface area contributed by atoms with Crippen LogP contribution in [-0.2, 0) is 9.53 Å². The zero-order valence-corrected chi connectivity index (χ0v) is 17.4. The summed E-state index contributed by atoms with van der Waals surface area (Å²) in [5, 5.41) is 31.3. The molecule has 4 atom stereocenters. The van der Waals surface area contributed by atoms with Gasteiger partial charge in [0.1, 0.15) is 11.7 Å². The highest BCUT2D eigenvalue weighted by Crippen LogP contribution is 2.61. The molecule has 0 heterocycles. The van der Waals surface area contributed by atoms with Gasteiger partial charge in [-0.3, -0.25) is 0 Å². The number of aliphatic hydroxyl groups is 3. The Bertz CT molecular complexity index is 687. The first-order valence-corrected chi connectivity index (χ1v) is 9.98. The standard InChI is InChI=1S/C23H34O5/c1-5-6-7-8-9-11-19(26)28-18-14-17(15-24)23(27,16-25)22(4)13-10-12-21(2,3)20(18)22/h5-9,11,14,18,20,24-25,27H,10,12-13,15-16H2,1-4H3/b6-5+,8-7+,11-9+/t18?,20-,22-,23+/m0/s1. The van der Waals surface area contributed by atoms with Gasteiger partial charge in [0.2, 0.25) is 0 Å². The van der Waals surface area contributed by atoms with Gasteiger partial charge in [0, 0.05) is 17.4 Å². The molecular formula is C23H34O5. The number of allylic oxidation sites excluding steroid dienone is 5. The molecule has 0 spiro atoms. The number of fused-ring (bicyclic) bond motifs is 1. The fourth-order valence-corrected chi connectivity index (χ4v) is 5.27. The summed E-state index contributed by atoms with van der Waals surface area (Å²) in [5.74, 6) is -0.654. The highest BCUT2D eigenvalue weighted by molar-refractivity contribution is 5.82. The van der Waals surface area contributed by atoms with Crippen LogP contribution >= 0.6 is 0 Å². The van der Waals surface area contributed by atoms with Crippen LogP contribution in [0.3, 0.4) is 0 Å². The van der Waals surface area contributed by atoms with E-state index in [-0.39, 0.29) is 11.3 Å². The molecule has 0 saturated heterocycles. The van der Waals surface area contributed by atoms with E-state index >= 15 is 0 Å². The molecule has 0 amide bonds. The van der Waals surface area contributed by atoms with Gasteiger partial charge >= 0.3 is 5.97 Å². The number of esters is 1. The SMILES string of the molecule is C/C=C/C=C/C=C/C(=O)OC1C=C(CO)[C@](O)(CO)[C@@]2(C)CCCC(C)(C)[C@H]12. The first kappa shape index (κ1) is 22.6. The fourth-order valence-electron chi connectivity index (χ4n) is 5.27. The summed E-state index contributed by atoms with van der Waals surface area (Å²) in [5.41, 5.74) is -2.12. The van der Waals surface area contributed by atoms with Crippen LogP contribution in [0, 0.1) is 16.7 Å². The lowest BCUT2D eigenvalue weighted by Crippen LogP contribution is -2.65.